The number of amides is 2. The molecule has 0 aliphatic rings. The third kappa shape index (κ3) is 5.27. The molecule has 0 aliphatic heterocycles. The van der Waals surface area contributed by atoms with Gasteiger partial charge in [0.05, 0.1) is 10.7 Å². The highest BCUT2D eigenvalue weighted by Crippen LogP contribution is 2.27. The van der Waals surface area contributed by atoms with Gasteiger partial charge < -0.3 is 20.6 Å². The molecule has 3 N–H and O–H groups in total. The Hall–Kier alpha value is -1.46. The molecule has 1 aromatic carbocycles. The van der Waals surface area contributed by atoms with Gasteiger partial charge in [0.15, 0.2) is 0 Å². The Kier molecular flexibility index (Phi) is 6.61. The van der Waals surface area contributed by atoms with Crippen LogP contribution in [-0.2, 0) is 0 Å². The maximum absolute atomic E-state index is 11.8. The van der Waals surface area contributed by atoms with Gasteiger partial charge in [0.1, 0.15) is 0 Å². The summed E-state index contributed by atoms with van der Waals surface area (Å²) < 4.78 is 0. The number of hydrogen-bond donors (Lipinski definition) is 3. The lowest BCUT2D eigenvalue weighted by Gasteiger charge is -2.17. The first kappa shape index (κ1) is 16.6. The molecule has 0 radical (unpaired) electrons. The van der Waals surface area contributed by atoms with Crippen LogP contribution in [-0.4, -0.2) is 37.9 Å². The zero-order valence-corrected chi connectivity index (χ0v) is 12.9. The zero-order chi connectivity index (χ0) is 15.1. The van der Waals surface area contributed by atoms with Gasteiger partial charge >= 0.3 is 6.03 Å². The van der Waals surface area contributed by atoms with Crippen molar-refractivity contribution in [1.29, 1.82) is 0 Å². The van der Waals surface area contributed by atoms with Crippen LogP contribution < -0.4 is 15.5 Å². The summed E-state index contributed by atoms with van der Waals surface area (Å²) in [6.07, 6.45) is 1.41. The number of hydrogen-bond acceptors (Lipinski definition) is 3. The van der Waals surface area contributed by atoms with E-state index in [9.17, 15) is 4.79 Å². The second kappa shape index (κ2) is 7.97. The zero-order valence-electron chi connectivity index (χ0n) is 12.1. The number of halogens is 1. The molecule has 0 saturated carbocycles. The van der Waals surface area contributed by atoms with E-state index in [0.717, 1.165) is 12.1 Å². The number of urea groups is 1. The van der Waals surface area contributed by atoms with E-state index in [1.165, 1.54) is 0 Å². The van der Waals surface area contributed by atoms with Crippen LogP contribution in [0.5, 0.6) is 0 Å². The number of carbonyl (C=O) groups is 1. The molecule has 0 heterocycles. The van der Waals surface area contributed by atoms with E-state index < -0.39 is 0 Å². The van der Waals surface area contributed by atoms with Crippen LogP contribution in [0.25, 0.3) is 0 Å². The molecule has 1 aromatic rings. The van der Waals surface area contributed by atoms with Crippen molar-refractivity contribution in [2.24, 2.45) is 0 Å². The van der Waals surface area contributed by atoms with Crippen LogP contribution in [0, 0.1) is 0 Å². The summed E-state index contributed by atoms with van der Waals surface area (Å²) in [5.41, 5.74) is 1.54. The van der Waals surface area contributed by atoms with Gasteiger partial charge in [0.2, 0.25) is 0 Å². The summed E-state index contributed by atoms with van der Waals surface area (Å²) in [6.45, 7) is 2.03. The third-order valence-corrected chi connectivity index (χ3v) is 3.16. The Labute approximate surface area is 124 Å². The topological polar surface area (TPSA) is 64.6 Å². The number of nitrogens with zero attached hydrogens (tertiary/aromatic N) is 1. The third-order valence-electron chi connectivity index (χ3n) is 2.86. The Morgan fingerprint density at radius 3 is 2.70 bits per heavy atom. The van der Waals surface area contributed by atoms with Crippen LogP contribution in [0.15, 0.2) is 18.2 Å². The summed E-state index contributed by atoms with van der Waals surface area (Å²) in [4.78, 5) is 13.7. The Morgan fingerprint density at radius 2 is 2.15 bits per heavy atom. The molecule has 1 atom stereocenters. The average molecular weight is 300 g/mol. The minimum Gasteiger partial charge on any atom is -0.396 e. The molecule has 0 aliphatic carbocycles. The number of aliphatic hydroxyl groups excluding tert-OH is 1. The molecule has 0 saturated heterocycles. The molecule has 5 nitrogen and oxygen atoms in total. The van der Waals surface area contributed by atoms with Gasteiger partial charge in [-0.3, -0.25) is 0 Å². The Morgan fingerprint density at radius 1 is 1.45 bits per heavy atom. The molecule has 6 heteroatoms. The first-order chi connectivity index (χ1) is 9.43. The summed E-state index contributed by atoms with van der Waals surface area (Å²) in [6, 6.07) is 5.11. The van der Waals surface area contributed by atoms with Gasteiger partial charge in [-0.15, -0.1) is 0 Å². The summed E-state index contributed by atoms with van der Waals surface area (Å²) >= 11 is 6.14. The van der Waals surface area contributed by atoms with Gasteiger partial charge in [-0.25, -0.2) is 4.79 Å². The van der Waals surface area contributed by atoms with Crippen molar-refractivity contribution in [3.05, 3.63) is 23.2 Å². The first-order valence-electron chi connectivity index (χ1n) is 6.59. The monoisotopic (exact) mass is 299 g/mol. The summed E-state index contributed by atoms with van der Waals surface area (Å²) in [5, 5.41) is 14.9. The second-order valence-electron chi connectivity index (χ2n) is 4.93. The maximum atomic E-state index is 11.8. The highest BCUT2D eigenvalue weighted by Gasteiger charge is 2.09. The van der Waals surface area contributed by atoms with E-state index in [4.69, 9.17) is 16.7 Å². The normalized spacial score (nSPS) is 11.8. The number of rotatable bonds is 6. The standard InChI is InChI=1S/C14H22ClN3O2/c1-10(5-4-8-19)16-14(20)17-11-6-7-13(18(2)3)12(15)9-11/h6-7,9-10,19H,4-5,8H2,1-3H3,(H2,16,17,20). The fourth-order valence-corrected chi connectivity index (χ4v) is 2.16. The Bertz CT molecular complexity index is 452. The number of anilines is 2. The van der Waals surface area contributed by atoms with Crippen molar-refractivity contribution in [2.45, 2.75) is 25.8 Å². The molecule has 20 heavy (non-hydrogen) atoms. The number of nitrogens with one attached hydrogen (secondary N) is 2. The molecular formula is C14H22ClN3O2. The molecule has 0 spiro atoms. The van der Waals surface area contributed by atoms with E-state index in [1.54, 1.807) is 12.1 Å². The van der Waals surface area contributed by atoms with Gasteiger partial charge in [-0.1, -0.05) is 11.6 Å². The smallest absolute Gasteiger partial charge is 0.319 e. The lowest BCUT2D eigenvalue weighted by atomic mass is 10.2. The van der Waals surface area contributed by atoms with Gasteiger partial charge in [0.25, 0.3) is 0 Å². The van der Waals surface area contributed by atoms with E-state index in [0.29, 0.717) is 17.1 Å². The van der Waals surface area contributed by atoms with Crippen LogP contribution >= 0.6 is 11.6 Å². The SMILES string of the molecule is CC(CCCO)NC(=O)Nc1ccc(N(C)C)c(Cl)c1. The predicted octanol–water partition coefficient (Wildman–Crippen LogP) is 2.69. The molecule has 0 fully saturated rings. The largest absolute Gasteiger partial charge is 0.396 e. The minimum atomic E-state index is -0.274. The minimum absolute atomic E-state index is 0.0127. The number of carbonyl (C=O) groups excluding carboxylic acids is 1. The van der Waals surface area contributed by atoms with E-state index in [2.05, 4.69) is 10.6 Å². The van der Waals surface area contributed by atoms with Crippen LogP contribution in [0.3, 0.4) is 0 Å². The molecule has 2 amide bonds. The summed E-state index contributed by atoms with van der Waals surface area (Å²) in [5.74, 6) is 0. The van der Waals surface area contributed by atoms with Gasteiger partial charge in [0, 0.05) is 32.4 Å². The maximum Gasteiger partial charge on any atom is 0.319 e. The fourth-order valence-electron chi connectivity index (χ4n) is 1.81. The van der Waals surface area contributed by atoms with Gasteiger partial charge in [-0.05, 0) is 38.0 Å². The Balaban J connectivity index is 2.56. The second-order valence-corrected chi connectivity index (χ2v) is 5.33. The van der Waals surface area contributed by atoms with Crippen molar-refractivity contribution in [3.8, 4) is 0 Å². The van der Waals surface area contributed by atoms with Crippen molar-refractivity contribution >= 4 is 29.0 Å². The fraction of sp³-hybridized carbons (Fsp3) is 0.500. The molecule has 1 unspecified atom stereocenters. The predicted molar refractivity (Wildman–Crippen MR) is 83.7 cm³/mol. The van der Waals surface area contributed by atoms with Gasteiger partial charge in [-0.2, -0.15) is 0 Å². The van der Waals surface area contributed by atoms with E-state index in [1.807, 2.05) is 32.0 Å². The van der Waals surface area contributed by atoms with Crippen molar-refractivity contribution in [1.82, 2.24) is 5.32 Å². The lowest BCUT2D eigenvalue weighted by molar-refractivity contribution is 0.245. The van der Waals surface area contributed by atoms with Crippen molar-refractivity contribution in [2.75, 3.05) is 30.9 Å². The molecule has 1 rings (SSSR count). The molecular weight excluding hydrogens is 278 g/mol. The number of benzene rings is 1. The van der Waals surface area contributed by atoms with E-state index in [-0.39, 0.29) is 18.7 Å². The van der Waals surface area contributed by atoms with Crippen molar-refractivity contribution in [3.63, 3.8) is 0 Å². The quantitative estimate of drug-likeness (QED) is 0.757. The van der Waals surface area contributed by atoms with Crippen LogP contribution in [0.1, 0.15) is 19.8 Å². The average Bonchev–Trinajstić information content (AvgIpc) is 2.35. The highest BCUT2D eigenvalue weighted by atomic mass is 35.5. The molecule has 0 aromatic heterocycles. The van der Waals surface area contributed by atoms with E-state index >= 15 is 0 Å². The first-order valence-corrected chi connectivity index (χ1v) is 6.97. The van der Waals surface area contributed by atoms with Crippen LogP contribution in [0.2, 0.25) is 5.02 Å². The molecule has 112 valence electrons. The van der Waals surface area contributed by atoms with Crippen molar-refractivity contribution < 1.29 is 9.90 Å². The van der Waals surface area contributed by atoms with Crippen LogP contribution in [0.4, 0.5) is 16.2 Å². The molecule has 0 bridgehead atoms. The number of aliphatic hydroxyl groups is 1. The lowest BCUT2D eigenvalue weighted by Crippen LogP contribution is -2.36. The highest BCUT2D eigenvalue weighted by molar-refractivity contribution is 6.33. The summed E-state index contributed by atoms with van der Waals surface area (Å²) in [7, 11) is 3.81.